The number of anilines is 2. The van der Waals surface area contributed by atoms with Crippen LogP contribution in [-0.2, 0) is 4.74 Å². The standard InChI is InChI=1S/C20H21N3O2S/c1-4-10-25-20(24)17-12-21-19-16(9-8-13(2)22-19)18(17)23-14-6-5-7-15(11-14)26-3/h5-9,11-12H,4,10H2,1-3H3,(H,21,22,23). The lowest BCUT2D eigenvalue weighted by Gasteiger charge is -2.14. The molecule has 0 aliphatic rings. The zero-order chi connectivity index (χ0) is 18.5. The number of rotatable bonds is 6. The van der Waals surface area contributed by atoms with Gasteiger partial charge in [0, 0.05) is 27.9 Å². The summed E-state index contributed by atoms with van der Waals surface area (Å²) in [4.78, 5) is 22.5. The molecule has 5 nitrogen and oxygen atoms in total. The van der Waals surface area contributed by atoms with Gasteiger partial charge >= 0.3 is 5.97 Å². The number of fused-ring (bicyclic) bond motifs is 1. The van der Waals surface area contributed by atoms with Crippen LogP contribution in [0.4, 0.5) is 11.4 Å². The maximum absolute atomic E-state index is 12.5. The molecule has 3 rings (SSSR count). The molecule has 0 atom stereocenters. The van der Waals surface area contributed by atoms with Crippen molar-refractivity contribution >= 4 is 40.1 Å². The van der Waals surface area contributed by atoms with Gasteiger partial charge in [0.25, 0.3) is 0 Å². The number of carbonyl (C=O) groups is 1. The summed E-state index contributed by atoms with van der Waals surface area (Å²) in [6.45, 7) is 4.26. The fourth-order valence-corrected chi connectivity index (χ4v) is 3.04. The van der Waals surface area contributed by atoms with E-state index in [0.29, 0.717) is 23.5 Å². The number of benzene rings is 1. The molecule has 3 aromatic rings. The summed E-state index contributed by atoms with van der Waals surface area (Å²) in [5.41, 5.74) is 3.45. The predicted molar refractivity (Wildman–Crippen MR) is 106 cm³/mol. The summed E-state index contributed by atoms with van der Waals surface area (Å²) in [6, 6.07) is 11.9. The second kappa shape index (κ2) is 8.19. The number of nitrogens with one attached hydrogen (secondary N) is 1. The third-order valence-corrected chi connectivity index (χ3v) is 4.59. The van der Waals surface area contributed by atoms with E-state index in [9.17, 15) is 4.79 Å². The van der Waals surface area contributed by atoms with Gasteiger partial charge in [-0.05, 0) is 49.9 Å². The van der Waals surface area contributed by atoms with Gasteiger partial charge in [0.1, 0.15) is 5.56 Å². The fraction of sp³-hybridized carbons (Fsp3) is 0.250. The van der Waals surface area contributed by atoms with Crippen LogP contribution in [0.2, 0.25) is 0 Å². The Hall–Kier alpha value is -2.60. The lowest BCUT2D eigenvalue weighted by Crippen LogP contribution is -2.10. The Labute approximate surface area is 157 Å². The lowest BCUT2D eigenvalue weighted by molar-refractivity contribution is 0.0506. The van der Waals surface area contributed by atoms with Crippen molar-refractivity contribution < 1.29 is 9.53 Å². The molecule has 6 heteroatoms. The molecule has 0 aliphatic carbocycles. The molecule has 1 aromatic carbocycles. The molecule has 1 N–H and O–H groups in total. The molecule has 0 saturated heterocycles. The number of aromatic nitrogens is 2. The number of hydrogen-bond acceptors (Lipinski definition) is 6. The Balaban J connectivity index is 2.10. The SMILES string of the molecule is CCCOC(=O)c1cnc2nc(C)ccc2c1Nc1cccc(SC)c1. The quantitative estimate of drug-likeness (QED) is 0.490. The van der Waals surface area contributed by atoms with E-state index >= 15 is 0 Å². The van der Waals surface area contributed by atoms with Gasteiger partial charge in [-0.1, -0.05) is 13.0 Å². The van der Waals surface area contributed by atoms with Crippen molar-refractivity contribution in [3.05, 3.63) is 53.9 Å². The molecular formula is C20H21N3O2S. The van der Waals surface area contributed by atoms with Crippen LogP contribution < -0.4 is 5.32 Å². The summed E-state index contributed by atoms with van der Waals surface area (Å²) in [7, 11) is 0. The molecule has 0 radical (unpaired) electrons. The minimum Gasteiger partial charge on any atom is -0.462 e. The van der Waals surface area contributed by atoms with Gasteiger partial charge in [-0.3, -0.25) is 0 Å². The summed E-state index contributed by atoms with van der Waals surface area (Å²) in [5.74, 6) is -0.384. The van der Waals surface area contributed by atoms with Gasteiger partial charge < -0.3 is 10.1 Å². The summed E-state index contributed by atoms with van der Waals surface area (Å²) in [5, 5.41) is 4.16. The van der Waals surface area contributed by atoms with Gasteiger partial charge in [-0.25, -0.2) is 14.8 Å². The van der Waals surface area contributed by atoms with Gasteiger partial charge in [0.2, 0.25) is 0 Å². The lowest BCUT2D eigenvalue weighted by atomic mass is 10.1. The van der Waals surface area contributed by atoms with Crippen molar-refractivity contribution in [2.24, 2.45) is 0 Å². The Morgan fingerprint density at radius 3 is 2.88 bits per heavy atom. The summed E-state index contributed by atoms with van der Waals surface area (Å²) in [6.07, 6.45) is 4.33. The van der Waals surface area contributed by atoms with Crippen LogP contribution in [0.5, 0.6) is 0 Å². The van der Waals surface area contributed by atoms with Gasteiger partial charge in [-0.2, -0.15) is 0 Å². The Morgan fingerprint density at radius 2 is 2.12 bits per heavy atom. The maximum Gasteiger partial charge on any atom is 0.341 e. The molecule has 0 unspecified atom stereocenters. The minimum absolute atomic E-state index is 0.379. The zero-order valence-corrected chi connectivity index (χ0v) is 15.9. The highest BCUT2D eigenvalue weighted by atomic mass is 32.2. The molecule has 0 spiro atoms. The highest BCUT2D eigenvalue weighted by Crippen LogP contribution is 2.30. The third kappa shape index (κ3) is 3.96. The van der Waals surface area contributed by atoms with E-state index in [0.717, 1.165) is 28.1 Å². The van der Waals surface area contributed by atoms with Crippen molar-refractivity contribution in [2.75, 3.05) is 18.2 Å². The Kier molecular flexibility index (Phi) is 5.73. The molecular weight excluding hydrogens is 346 g/mol. The van der Waals surface area contributed by atoms with Crippen LogP contribution in [-0.4, -0.2) is 28.8 Å². The molecule has 26 heavy (non-hydrogen) atoms. The van der Waals surface area contributed by atoms with E-state index in [4.69, 9.17) is 4.74 Å². The number of carbonyl (C=O) groups excluding carboxylic acids is 1. The molecule has 2 heterocycles. The molecule has 0 saturated carbocycles. The maximum atomic E-state index is 12.5. The zero-order valence-electron chi connectivity index (χ0n) is 15.1. The van der Waals surface area contributed by atoms with Crippen molar-refractivity contribution in [3.63, 3.8) is 0 Å². The Bertz CT molecular complexity index is 943. The highest BCUT2D eigenvalue weighted by molar-refractivity contribution is 7.98. The van der Waals surface area contributed by atoms with Crippen LogP contribution in [0.25, 0.3) is 11.0 Å². The number of thioether (sulfide) groups is 1. The average molecular weight is 367 g/mol. The molecule has 2 aromatic heterocycles. The largest absolute Gasteiger partial charge is 0.462 e. The van der Waals surface area contributed by atoms with E-state index < -0.39 is 0 Å². The first-order chi connectivity index (χ1) is 12.6. The van der Waals surface area contributed by atoms with E-state index in [2.05, 4.69) is 15.3 Å². The van der Waals surface area contributed by atoms with Gasteiger partial charge in [-0.15, -0.1) is 11.8 Å². The molecule has 134 valence electrons. The van der Waals surface area contributed by atoms with Crippen LogP contribution in [0.1, 0.15) is 29.4 Å². The smallest absolute Gasteiger partial charge is 0.341 e. The van der Waals surface area contributed by atoms with Crippen molar-refractivity contribution in [3.8, 4) is 0 Å². The van der Waals surface area contributed by atoms with E-state index in [-0.39, 0.29) is 5.97 Å². The fourth-order valence-electron chi connectivity index (χ4n) is 2.58. The van der Waals surface area contributed by atoms with Crippen LogP contribution in [0, 0.1) is 6.92 Å². The average Bonchev–Trinajstić information content (AvgIpc) is 2.66. The van der Waals surface area contributed by atoms with Crippen molar-refractivity contribution in [1.82, 2.24) is 9.97 Å². The molecule has 0 aliphatic heterocycles. The monoisotopic (exact) mass is 367 g/mol. The molecule has 0 amide bonds. The minimum atomic E-state index is -0.384. The number of hydrogen-bond donors (Lipinski definition) is 1. The van der Waals surface area contributed by atoms with E-state index in [1.54, 1.807) is 11.8 Å². The number of esters is 1. The first kappa shape index (κ1) is 18.2. The third-order valence-electron chi connectivity index (χ3n) is 3.87. The molecule has 0 bridgehead atoms. The first-order valence-corrected chi connectivity index (χ1v) is 9.69. The highest BCUT2D eigenvalue weighted by Gasteiger charge is 2.18. The van der Waals surface area contributed by atoms with E-state index in [1.165, 1.54) is 6.20 Å². The normalized spacial score (nSPS) is 10.7. The first-order valence-electron chi connectivity index (χ1n) is 8.47. The second-order valence-corrected chi connectivity index (χ2v) is 6.74. The topological polar surface area (TPSA) is 64.1 Å². The van der Waals surface area contributed by atoms with Crippen LogP contribution in [0.15, 0.2) is 47.5 Å². The number of ether oxygens (including phenoxy) is 1. The second-order valence-electron chi connectivity index (χ2n) is 5.86. The van der Waals surface area contributed by atoms with Gasteiger partial charge in [0.05, 0.1) is 12.3 Å². The van der Waals surface area contributed by atoms with Crippen LogP contribution >= 0.6 is 11.8 Å². The summed E-state index contributed by atoms with van der Waals surface area (Å²) < 4.78 is 5.33. The summed E-state index contributed by atoms with van der Waals surface area (Å²) >= 11 is 1.66. The number of pyridine rings is 2. The van der Waals surface area contributed by atoms with E-state index in [1.807, 2.05) is 56.5 Å². The predicted octanol–water partition coefficient (Wildman–Crippen LogP) is 4.97. The Morgan fingerprint density at radius 1 is 1.27 bits per heavy atom. The molecule has 0 fully saturated rings. The van der Waals surface area contributed by atoms with Gasteiger partial charge in [0.15, 0.2) is 5.65 Å². The van der Waals surface area contributed by atoms with Crippen molar-refractivity contribution in [1.29, 1.82) is 0 Å². The van der Waals surface area contributed by atoms with Crippen molar-refractivity contribution in [2.45, 2.75) is 25.2 Å². The van der Waals surface area contributed by atoms with Crippen LogP contribution in [0.3, 0.4) is 0 Å². The number of nitrogens with zero attached hydrogens (tertiary/aromatic N) is 2. The number of aryl methyl sites for hydroxylation is 1.